The van der Waals surface area contributed by atoms with Gasteiger partial charge in [-0.15, -0.1) is 11.8 Å². The van der Waals surface area contributed by atoms with E-state index < -0.39 is 11.6 Å². The van der Waals surface area contributed by atoms with Gasteiger partial charge in [-0.1, -0.05) is 11.6 Å². The molecule has 0 aromatic heterocycles. The normalized spacial score (nSPS) is 10.6. The molecular weight excluding hydrogens is 276 g/mol. The fourth-order valence-electron chi connectivity index (χ4n) is 1.43. The Balaban J connectivity index is 2.11. The van der Waals surface area contributed by atoms with Crippen LogP contribution < -0.4 is 5.73 Å². The standard InChI is InChI=1S/C13H10ClF2NS/c14-9-1-4-13(17)8(5-9)7-18-10-2-3-11(15)12(16)6-10/h1-6H,7,17H2. The molecule has 94 valence electrons. The third-order valence-electron chi connectivity index (χ3n) is 2.39. The van der Waals surface area contributed by atoms with Crippen LogP contribution in [0.3, 0.4) is 0 Å². The van der Waals surface area contributed by atoms with Crippen molar-refractivity contribution >= 4 is 29.1 Å². The first kappa shape index (κ1) is 13.2. The predicted molar refractivity (Wildman–Crippen MR) is 71.8 cm³/mol. The summed E-state index contributed by atoms with van der Waals surface area (Å²) >= 11 is 7.24. The molecule has 5 heteroatoms. The molecule has 0 saturated carbocycles. The van der Waals surface area contributed by atoms with Crippen LogP contribution in [0.1, 0.15) is 5.56 Å². The molecule has 0 heterocycles. The first-order valence-corrected chi connectivity index (χ1v) is 6.54. The summed E-state index contributed by atoms with van der Waals surface area (Å²) in [6.45, 7) is 0. The third-order valence-corrected chi connectivity index (χ3v) is 3.67. The second kappa shape index (κ2) is 5.59. The quantitative estimate of drug-likeness (QED) is 0.664. The van der Waals surface area contributed by atoms with Crippen LogP contribution in [0.25, 0.3) is 0 Å². The van der Waals surface area contributed by atoms with Gasteiger partial charge in [0.1, 0.15) is 0 Å². The Bertz CT molecular complexity index is 575. The Hall–Kier alpha value is -1.26. The summed E-state index contributed by atoms with van der Waals surface area (Å²) in [6.07, 6.45) is 0. The number of benzene rings is 2. The first-order valence-electron chi connectivity index (χ1n) is 5.18. The number of hydrogen-bond acceptors (Lipinski definition) is 2. The van der Waals surface area contributed by atoms with Crippen molar-refractivity contribution in [1.82, 2.24) is 0 Å². The number of hydrogen-bond donors (Lipinski definition) is 1. The van der Waals surface area contributed by atoms with E-state index >= 15 is 0 Å². The van der Waals surface area contributed by atoms with Gasteiger partial charge in [0.15, 0.2) is 11.6 Å². The number of thioether (sulfide) groups is 1. The van der Waals surface area contributed by atoms with Crippen molar-refractivity contribution in [2.75, 3.05) is 5.73 Å². The Morgan fingerprint density at radius 2 is 1.83 bits per heavy atom. The average molecular weight is 286 g/mol. The van der Waals surface area contributed by atoms with Crippen molar-refractivity contribution in [2.24, 2.45) is 0 Å². The number of halogens is 3. The summed E-state index contributed by atoms with van der Waals surface area (Å²) in [4.78, 5) is 0.647. The molecule has 0 radical (unpaired) electrons. The molecule has 2 aromatic carbocycles. The summed E-state index contributed by atoms with van der Waals surface area (Å²) in [5, 5.41) is 0.602. The third kappa shape index (κ3) is 3.15. The van der Waals surface area contributed by atoms with Crippen LogP contribution in [-0.2, 0) is 5.75 Å². The number of nitrogen functional groups attached to an aromatic ring is 1. The van der Waals surface area contributed by atoms with Crippen molar-refractivity contribution in [3.8, 4) is 0 Å². The van der Waals surface area contributed by atoms with Crippen LogP contribution >= 0.6 is 23.4 Å². The molecular formula is C13H10ClF2NS. The Morgan fingerprint density at radius 1 is 1.06 bits per heavy atom. The van der Waals surface area contributed by atoms with Crippen molar-refractivity contribution in [1.29, 1.82) is 0 Å². The van der Waals surface area contributed by atoms with Gasteiger partial charge in [-0.2, -0.15) is 0 Å². The van der Waals surface area contributed by atoms with Gasteiger partial charge in [-0.05, 0) is 42.0 Å². The van der Waals surface area contributed by atoms with Gasteiger partial charge in [0.05, 0.1) is 0 Å². The minimum absolute atomic E-state index is 0.553. The minimum atomic E-state index is -0.848. The summed E-state index contributed by atoms with van der Waals surface area (Å²) in [5.41, 5.74) is 7.31. The zero-order valence-corrected chi connectivity index (χ0v) is 10.9. The van der Waals surface area contributed by atoms with Crippen molar-refractivity contribution in [2.45, 2.75) is 10.6 Å². The summed E-state index contributed by atoms with van der Waals surface area (Å²) < 4.78 is 25.8. The maximum Gasteiger partial charge on any atom is 0.159 e. The van der Waals surface area contributed by atoms with Crippen LogP contribution in [0.15, 0.2) is 41.3 Å². The van der Waals surface area contributed by atoms with E-state index in [9.17, 15) is 8.78 Å². The predicted octanol–water partition coefficient (Wildman–Crippen LogP) is 4.49. The van der Waals surface area contributed by atoms with Crippen molar-refractivity contribution < 1.29 is 8.78 Å². The largest absolute Gasteiger partial charge is 0.398 e. The fourth-order valence-corrected chi connectivity index (χ4v) is 2.54. The second-order valence-electron chi connectivity index (χ2n) is 3.71. The lowest BCUT2D eigenvalue weighted by Gasteiger charge is -2.06. The summed E-state index contributed by atoms with van der Waals surface area (Å²) in [7, 11) is 0. The Labute approximate surface area is 113 Å². The minimum Gasteiger partial charge on any atom is -0.398 e. The van der Waals surface area contributed by atoms with Gasteiger partial charge in [0, 0.05) is 21.4 Å². The summed E-state index contributed by atoms with van der Waals surface area (Å²) in [6, 6.07) is 9.01. The molecule has 0 atom stereocenters. The van der Waals surface area contributed by atoms with Gasteiger partial charge < -0.3 is 5.73 Å². The smallest absolute Gasteiger partial charge is 0.159 e. The highest BCUT2D eigenvalue weighted by Gasteiger charge is 2.05. The average Bonchev–Trinajstić information content (AvgIpc) is 2.34. The SMILES string of the molecule is Nc1ccc(Cl)cc1CSc1ccc(F)c(F)c1. The van der Waals surface area contributed by atoms with E-state index in [1.54, 1.807) is 18.2 Å². The van der Waals surface area contributed by atoms with E-state index in [1.807, 2.05) is 0 Å². The first-order chi connectivity index (χ1) is 8.56. The lowest BCUT2D eigenvalue weighted by molar-refractivity contribution is 0.506. The lowest BCUT2D eigenvalue weighted by atomic mass is 10.2. The van der Waals surface area contributed by atoms with Crippen LogP contribution in [0.2, 0.25) is 5.02 Å². The van der Waals surface area contributed by atoms with Gasteiger partial charge in [0.2, 0.25) is 0 Å². The van der Waals surface area contributed by atoms with Crippen LogP contribution in [0.5, 0.6) is 0 Å². The van der Waals surface area contributed by atoms with Gasteiger partial charge in [0.25, 0.3) is 0 Å². The molecule has 0 fully saturated rings. The van der Waals surface area contributed by atoms with E-state index in [0.717, 1.165) is 11.6 Å². The van der Waals surface area contributed by atoms with Crippen LogP contribution in [-0.4, -0.2) is 0 Å². The van der Waals surface area contributed by atoms with Crippen molar-refractivity contribution in [3.05, 3.63) is 58.6 Å². The van der Waals surface area contributed by atoms with E-state index in [-0.39, 0.29) is 0 Å². The Morgan fingerprint density at radius 3 is 2.56 bits per heavy atom. The van der Waals surface area contributed by atoms with E-state index in [1.165, 1.54) is 23.9 Å². The monoisotopic (exact) mass is 285 g/mol. The maximum atomic E-state index is 13.0. The molecule has 0 aliphatic rings. The molecule has 18 heavy (non-hydrogen) atoms. The lowest BCUT2D eigenvalue weighted by Crippen LogP contribution is -1.92. The summed E-state index contributed by atoms with van der Waals surface area (Å²) in [5.74, 6) is -1.14. The molecule has 0 spiro atoms. The molecule has 2 aromatic rings. The Kier molecular flexibility index (Phi) is 4.09. The molecule has 1 nitrogen and oxygen atoms in total. The molecule has 0 unspecified atom stereocenters. The van der Waals surface area contributed by atoms with Gasteiger partial charge >= 0.3 is 0 Å². The molecule has 2 N–H and O–H groups in total. The highest BCUT2D eigenvalue weighted by molar-refractivity contribution is 7.98. The number of anilines is 1. The van der Waals surface area contributed by atoms with Gasteiger partial charge in [-0.3, -0.25) is 0 Å². The molecule has 2 rings (SSSR count). The van der Waals surface area contributed by atoms with E-state index in [0.29, 0.717) is 21.4 Å². The fraction of sp³-hybridized carbons (Fsp3) is 0.0769. The second-order valence-corrected chi connectivity index (χ2v) is 5.19. The van der Waals surface area contributed by atoms with Crippen molar-refractivity contribution in [3.63, 3.8) is 0 Å². The van der Waals surface area contributed by atoms with Crippen LogP contribution in [0, 0.1) is 11.6 Å². The van der Waals surface area contributed by atoms with E-state index in [2.05, 4.69) is 0 Å². The molecule has 0 amide bonds. The van der Waals surface area contributed by atoms with Crippen LogP contribution in [0.4, 0.5) is 14.5 Å². The number of nitrogens with two attached hydrogens (primary N) is 1. The number of rotatable bonds is 3. The highest BCUT2D eigenvalue weighted by Crippen LogP contribution is 2.28. The maximum absolute atomic E-state index is 13.0. The topological polar surface area (TPSA) is 26.0 Å². The highest BCUT2D eigenvalue weighted by atomic mass is 35.5. The van der Waals surface area contributed by atoms with Gasteiger partial charge in [-0.25, -0.2) is 8.78 Å². The molecule has 0 aliphatic carbocycles. The molecule has 0 bridgehead atoms. The zero-order valence-electron chi connectivity index (χ0n) is 9.29. The molecule has 0 saturated heterocycles. The zero-order chi connectivity index (χ0) is 13.1. The molecule has 0 aliphatic heterocycles. The van der Waals surface area contributed by atoms with E-state index in [4.69, 9.17) is 17.3 Å².